The summed E-state index contributed by atoms with van der Waals surface area (Å²) in [6.45, 7) is 4.69. The van der Waals surface area contributed by atoms with Crippen LogP contribution in [0.2, 0.25) is 18.1 Å². The second-order valence-electron chi connectivity index (χ2n) is 4.51. The van der Waals surface area contributed by atoms with Crippen molar-refractivity contribution in [1.29, 1.82) is 0 Å². The van der Waals surface area contributed by atoms with Crippen LogP contribution in [0.15, 0.2) is 22.9 Å². The normalized spacial score (nSPS) is 25.1. The van der Waals surface area contributed by atoms with Gasteiger partial charge < -0.3 is 0 Å². The molecule has 1 aliphatic carbocycles. The molecule has 1 aliphatic heterocycles. The summed E-state index contributed by atoms with van der Waals surface area (Å²) < 4.78 is 0. The molecule has 0 spiro atoms. The number of rotatable bonds is 3. The van der Waals surface area contributed by atoms with Gasteiger partial charge in [0.05, 0.1) is 8.07 Å². The SMILES string of the molecule is CCC1=CC([Si]2(CC)CCC2)=CC1. The van der Waals surface area contributed by atoms with E-state index in [0.29, 0.717) is 0 Å². The lowest BCUT2D eigenvalue weighted by atomic mass is 10.2. The van der Waals surface area contributed by atoms with Gasteiger partial charge in [-0.25, -0.2) is 0 Å². The van der Waals surface area contributed by atoms with Gasteiger partial charge in [0, 0.05) is 0 Å². The predicted molar refractivity (Wildman–Crippen MR) is 61.5 cm³/mol. The first kappa shape index (κ1) is 9.26. The van der Waals surface area contributed by atoms with Crippen molar-refractivity contribution in [3.05, 3.63) is 22.9 Å². The standard InChI is InChI=1S/C12H20Si/c1-3-11-6-7-12(10-11)13(4-2)8-5-9-13/h7,10H,3-6,8-9H2,1-2H3. The van der Waals surface area contributed by atoms with Gasteiger partial charge in [-0.1, -0.05) is 61.3 Å². The molecule has 0 aromatic carbocycles. The van der Waals surface area contributed by atoms with Gasteiger partial charge in [0.25, 0.3) is 0 Å². The van der Waals surface area contributed by atoms with Gasteiger partial charge in [-0.3, -0.25) is 0 Å². The molecule has 1 fully saturated rings. The lowest BCUT2D eigenvalue weighted by Gasteiger charge is -2.40. The first-order valence-electron chi connectivity index (χ1n) is 5.71. The minimum Gasteiger partial charge on any atom is -0.0812 e. The monoisotopic (exact) mass is 192 g/mol. The van der Waals surface area contributed by atoms with Gasteiger partial charge >= 0.3 is 0 Å². The van der Waals surface area contributed by atoms with Crippen LogP contribution in [0.4, 0.5) is 0 Å². The van der Waals surface area contributed by atoms with Gasteiger partial charge in [0.2, 0.25) is 0 Å². The van der Waals surface area contributed by atoms with E-state index in [4.69, 9.17) is 0 Å². The van der Waals surface area contributed by atoms with Crippen LogP contribution in [0, 0.1) is 0 Å². The smallest absolute Gasteiger partial charge is 0.0812 e. The lowest BCUT2D eigenvalue weighted by molar-refractivity contribution is 0.888. The van der Waals surface area contributed by atoms with Crippen molar-refractivity contribution in [3.63, 3.8) is 0 Å². The van der Waals surface area contributed by atoms with Crippen LogP contribution in [-0.2, 0) is 0 Å². The molecule has 0 atom stereocenters. The second kappa shape index (κ2) is 3.45. The highest BCUT2D eigenvalue weighted by molar-refractivity contribution is 6.89. The first-order valence-corrected chi connectivity index (χ1v) is 8.33. The molecule has 1 heterocycles. The van der Waals surface area contributed by atoms with E-state index in [0.717, 1.165) is 0 Å². The Balaban J connectivity index is 2.13. The molecule has 0 N–H and O–H groups in total. The summed E-state index contributed by atoms with van der Waals surface area (Å²) in [6.07, 6.45) is 9.10. The minimum atomic E-state index is -0.857. The van der Waals surface area contributed by atoms with Crippen LogP contribution in [0.5, 0.6) is 0 Å². The fourth-order valence-electron chi connectivity index (χ4n) is 2.64. The van der Waals surface area contributed by atoms with Crippen LogP contribution in [0.25, 0.3) is 0 Å². The second-order valence-corrected chi connectivity index (χ2v) is 9.35. The summed E-state index contributed by atoms with van der Waals surface area (Å²) in [5, 5.41) is 1.80. The molecule has 1 saturated heterocycles. The van der Waals surface area contributed by atoms with Crippen LogP contribution >= 0.6 is 0 Å². The van der Waals surface area contributed by atoms with Crippen LogP contribution in [0.1, 0.15) is 33.1 Å². The molecule has 0 saturated carbocycles. The third-order valence-corrected chi connectivity index (χ3v) is 9.55. The van der Waals surface area contributed by atoms with E-state index in [1.54, 1.807) is 22.9 Å². The van der Waals surface area contributed by atoms with Gasteiger partial charge in [-0.15, -0.1) is 0 Å². The van der Waals surface area contributed by atoms with Gasteiger partial charge in [-0.05, 0) is 12.8 Å². The quantitative estimate of drug-likeness (QED) is 0.591. The maximum Gasteiger partial charge on any atom is 0.0860 e. The van der Waals surface area contributed by atoms with Crippen molar-refractivity contribution in [2.45, 2.75) is 51.2 Å². The van der Waals surface area contributed by atoms with Crippen LogP contribution in [-0.4, -0.2) is 8.07 Å². The maximum absolute atomic E-state index is 2.54. The molecule has 0 bridgehead atoms. The first-order chi connectivity index (χ1) is 6.30. The van der Waals surface area contributed by atoms with Gasteiger partial charge in [0.1, 0.15) is 0 Å². The molecule has 0 aromatic rings. The summed E-state index contributed by atoms with van der Waals surface area (Å²) in [4.78, 5) is 0. The van der Waals surface area contributed by atoms with Crippen molar-refractivity contribution in [2.75, 3.05) is 0 Å². The van der Waals surface area contributed by atoms with Gasteiger partial charge in [0.15, 0.2) is 0 Å². The third-order valence-electron chi connectivity index (χ3n) is 4.00. The zero-order chi connectivity index (χ0) is 9.31. The molecule has 0 aromatic heterocycles. The van der Waals surface area contributed by atoms with Crippen LogP contribution < -0.4 is 0 Å². The molecule has 1 heteroatoms. The average Bonchev–Trinajstić information content (AvgIpc) is 2.52. The fourth-order valence-corrected chi connectivity index (χ4v) is 6.59. The van der Waals surface area contributed by atoms with E-state index in [2.05, 4.69) is 26.0 Å². The van der Waals surface area contributed by atoms with Crippen molar-refractivity contribution < 1.29 is 0 Å². The Bertz CT molecular complexity index is 251. The zero-order valence-electron chi connectivity index (χ0n) is 8.90. The highest BCUT2D eigenvalue weighted by atomic mass is 28.3. The Morgan fingerprint density at radius 2 is 2.08 bits per heavy atom. The highest BCUT2D eigenvalue weighted by Crippen LogP contribution is 2.44. The van der Waals surface area contributed by atoms with E-state index in [9.17, 15) is 0 Å². The third kappa shape index (κ3) is 1.43. The summed E-state index contributed by atoms with van der Waals surface area (Å²) in [5.41, 5.74) is 1.67. The molecule has 72 valence electrons. The van der Waals surface area contributed by atoms with Crippen molar-refractivity contribution in [1.82, 2.24) is 0 Å². The summed E-state index contributed by atoms with van der Waals surface area (Å²) >= 11 is 0. The Morgan fingerprint density at radius 3 is 2.46 bits per heavy atom. The molecule has 2 aliphatic rings. The molecule has 2 rings (SSSR count). The van der Waals surface area contributed by atoms with Crippen molar-refractivity contribution in [3.8, 4) is 0 Å². The van der Waals surface area contributed by atoms with Gasteiger partial charge in [-0.2, -0.15) is 0 Å². The summed E-state index contributed by atoms with van der Waals surface area (Å²) in [5.74, 6) is 0. The lowest BCUT2D eigenvalue weighted by Crippen LogP contribution is -2.42. The predicted octanol–water partition coefficient (Wildman–Crippen LogP) is 4.06. The number of allylic oxidation sites excluding steroid dienone is 4. The zero-order valence-corrected chi connectivity index (χ0v) is 9.90. The summed E-state index contributed by atoms with van der Waals surface area (Å²) in [6, 6.07) is 4.62. The molecule has 0 unspecified atom stereocenters. The molecule has 0 amide bonds. The van der Waals surface area contributed by atoms with Crippen molar-refractivity contribution >= 4 is 8.07 Å². The average molecular weight is 192 g/mol. The Morgan fingerprint density at radius 1 is 1.31 bits per heavy atom. The highest BCUT2D eigenvalue weighted by Gasteiger charge is 2.40. The van der Waals surface area contributed by atoms with E-state index in [1.165, 1.54) is 25.3 Å². The molecular formula is C12H20Si. The maximum atomic E-state index is 2.54. The Kier molecular flexibility index (Phi) is 2.46. The van der Waals surface area contributed by atoms with E-state index < -0.39 is 8.07 Å². The van der Waals surface area contributed by atoms with E-state index in [1.807, 2.05) is 0 Å². The molecular weight excluding hydrogens is 172 g/mol. The molecule has 0 nitrogen and oxygen atoms in total. The summed E-state index contributed by atoms with van der Waals surface area (Å²) in [7, 11) is -0.857. The fraction of sp³-hybridized carbons (Fsp3) is 0.667. The number of hydrogen-bond acceptors (Lipinski definition) is 0. The molecule has 0 radical (unpaired) electrons. The Labute approximate surface area is 82.7 Å². The topological polar surface area (TPSA) is 0 Å². The number of hydrogen-bond donors (Lipinski definition) is 0. The van der Waals surface area contributed by atoms with Crippen molar-refractivity contribution in [2.24, 2.45) is 0 Å². The molecule has 13 heavy (non-hydrogen) atoms. The van der Waals surface area contributed by atoms with E-state index in [-0.39, 0.29) is 0 Å². The Hall–Kier alpha value is -0.303. The van der Waals surface area contributed by atoms with Crippen LogP contribution in [0.3, 0.4) is 0 Å². The largest absolute Gasteiger partial charge is 0.0860 e. The minimum absolute atomic E-state index is 0.857. The van der Waals surface area contributed by atoms with E-state index >= 15 is 0 Å².